The van der Waals surface area contributed by atoms with Gasteiger partial charge in [0, 0.05) is 23.9 Å². The van der Waals surface area contributed by atoms with Gasteiger partial charge in [-0.15, -0.1) is 0 Å². The van der Waals surface area contributed by atoms with Crippen LogP contribution in [0.15, 0.2) is 42.5 Å². The van der Waals surface area contributed by atoms with Gasteiger partial charge in [-0.05, 0) is 43.2 Å². The summed E-state index contributed by atoms with van der Waals surface area (Å²) in [5.74, 6) is 0.820. The van der Waals surface area contributed by atoms with Crippen molar-refractivity contribution in [2.45, 2.75) is 19.9 Å². The fourth-order valence-electron chi connectivity index (χ4n) is 2.13. The Bertz CT molecular complexity index is 638. The molecule has 0 radical (unpaired) electrons. The predicted molar refractivity (Wildman–Crippen MR) is 82.9 cm³/mol. The molecule has 0 bridgehead atoms. The standard InChI is InChI=1S/C16H18N2O3/c1-11-10-15(21-3)8-9-16(11)17-12(2)13-4-6-14(7-5-13)18(19)20/h4-10,12,17H,1-3H3. The van der Waals surface area contributed by atoms with Gasteiger partial charge >= 0.3 is 0 Å². The fraction of sp³-hybridized carbons (Fsp3) is 0.250. The molecule has 2 aromatic carbocycles. The monoisotopic (exact) mass is 286 g/mol. The lowest BCUT2D eigenvalue weighted by molar-refractivity contribution is -0.384. The minimum atomic E-state index is -0.393. The SMILES string of the molecule is COc1ccc(NC(C)c2ccc([N+](=O)[O-])cc2)c(C)c1. The molecule has 0 aliphatic rings. The van der Waals surface area contributed by atoms with Gasteiger partial charge in [-0.3, -0.25) is 10.1 Å². The maximum Gasteiger partial charge on any atom is 0.269 e. The van der Waals surface area contributed by atoms with Crippen LogP contribution in [0.5, 0.6) is 5.75 Å². The first-order valence-corrected chi connectivity index (χ1v) is 6.67. The zero-order chi connectivity index (χ0) is 15.4. The van der Waals surface area contributed by atoms with E-state index in [1.807, 2.05) is 32.0 Å². The number of nitrogens with zero attached hydrogens (tertiary/aromatic N) is 1. The molecule has 1 atom stereocenters. The summed E-state index contributed by atoms with van der Waals surface area (Å²) in [6.45, 7) is 4.03. The normalized spacial score (nSPS) is 11.8. The van der Waals surface area contributed by atoms with Gasteiger partial charge in [0.25, 0.3) is 5.69 Å². The van der Waals surface area contributed by atoms with Crippen LogP contribution in [0.4, 0.5) is 11.4 Å². The molecule has 0 heterocycles. The number of hydrogen-bond donors (Lipinski definition) is 1. The van der Waals surface area contributed by atoms with Crippen molar-refractivity contribution >= 4 is 11.4 Å². The molecule has 0 spiro atoms. The van der Waals surface area contributed by atoms with Crippen LogP contribution in [-0.4, -0.2) is 12.0 Å². The predicted octanol–water partition coefficient (Wildman–Crippen LogP) is 4.08. The summed E-state index contributed by atoms with van der Waals surface area (Å²) < 4.78 is 5.18. The first kappa shape index (κ1) is 14.8. The van der Waals surface area contributed by atoms with E-state index in [0.717, 1.165) is 22.6 Å². The van der Waals surface area contributed by atoms with Crippen molar-refractivity contribution in [1.29, 1.82) is 0 Å². The van der Waals surface area contributed by atoms with E-state index in [1.165, 1.54) is 12.1 Å². The smallest absolute Gasteiger partial charge is 0.269 e. The molecule has 1 unspecified atom stereocenters. The number of non-ortho nitro benzene ring substituents is 1. The first-order chi connectivity index (χ1) is 10.0. The molecule has 0 saturated carbocycles. The lowest BCUT2D eigenvalue weighted by Gasteiger charge is -2.18. The van der Waals surface area contributed by atoms with Crippen molar-refractivity contribution in [3.8, 4) is 5.75 Å². The summed E-state index contributed by atoms with van der Waals surface area (Å²) in [7, 11) is 1.64. The third-order valence-corrected chi connectivity index (χ3v) is 3.41. The second kappa shape index (κ2) is 6.26. The Labute approximate surface area is 123 Å². The van der Waals surface area contributed by atoms with E-state index in [9.17, 15) is 10.1 Å². The van der Waals surface area contributed by atoms with Crippen LogP contribution in [0.3, 0.4) is 0 Å². The summed E-state index contributed by atoms with van der Waals surface area (Å²) in [6.07, 6.45) is 0. The Morgan fingerprint density at radius 1 is 1.19 bits per heavy atom. The van der Waals surface area contributed by atoms with Crippen LogP contribution >= 0.6 is 0 Å². The van der Waals surface area contributed by atoms with E-state index in [2.05, 4.69) is 5.32 Å². The molecule has 5 heteroatoms. The second-order valence-electron chi connectivity index (χ2n) is 4.90. The maximum absolute atomic E-state index is 10.7. The molecule has 0 saturated heterocycles. The van der Waals surface area contributed by atoms with Crippen molar-refractivity contribution in [1.82, 2.24) is 0 Å². The van der Waals surface area contributed by atoms with E-state index in [4.69, 9.17) is 4.74 Å². The summed E-state index contributed by atoms with van der Waals surface area (Å²) in [4.78, 5) is 10.3. The molecule has 1 N–H and O–H groups in total. The van der Waals surface area contributed by atoms with Gasteiger partial charge in [-0.25, -0.2) is 0 Å². The number of ether oxygens (including phenoxy) is 1. The summed E-state index contributed by atoms with van der Waals surface area (Å²) >= 11 is 0. The van der Waals surface area contributed by atoms with Gasteiger partial charge in [-0.1, -0.05) is 12.1 Å². The molecule has 2 aromatic rings. The van der Waals surface area contributed by atoms with E-state index in [0.29, 0.717) is 0 Å². The third-order valence-electron chi connectivity index (χ3n) is 3.41. The number of benzene rings is 2. The molecule has 110 valence electrons. The fourth-order valence-corrected chi connectivity index (χ4v) is 2.13. The summed E-state index contributed by atoms with van der Waals surface area (Å²) in [5, 5.41) is 14.1. The van der Waals surface area contributed by atoms with E-state index in [-0.39, 0.29) is 11.7 Å². The van der Waals surface area contributed by atoms with Gasteiger partial charge < -0.3 is 10.1 Å². The summed E-state index contributed by atoms with van der Waals surface area (Å²) in [6, 6.07) is 12.5. The lowest BCUT2D eigenvalue weighted by atomic mass is 10.1. The van der Waals surface area contributed by atoms with Crippen molar-refractivity contribution in [3.63, 3.8) is 0 Å². The van der Waals surface area contributed by atoms with Crippen LogP contribution in [0.1, 0.15) is 24.1 Å². The Morgan fingerprint density at radius 2 is 1.86 bits per heavy atom. The molecule has 0 aromatic heterocycles. The number of anilines is 1. The highest BCUT2D eigenvalue weighted by molar-refractivity contribution is 5.55. The lowest BCUT2D eigenvalue weighted by Crippen LogP contribution is -2.07. The molecule has 2 rings (SSSR count). The van der Waals surface area contributed by atoms with Crippen LogP contribution in [0.25, 0.3) is 0 Å². The van der Waals surface area contributed by atoms with Crippen molar-refractivity contribution in [2.75, 3.05) is 12.4 Å². The first-order valence-electron chi connectivity index (χ1n) is 6.67. The molecule has 0 aliphatic heterocycles. The molecular weight excluding hydrogens is 268 g/mol. The highest BCUT2D eigenvalue weighted by Crippen LogP contribution is 2.26. The Balaban J connectivity index is 2.13. The highest BCUT2D eigenvalue weighted by Gasteiger charge is 2.10. The van der Waals surface area contributed by atoms with Crippen molar-refractivity contribution in [2.24, 2.45) is 0 Å². The minimum absolute atomic E-state index is 0.0536. The van der Waals surface area contributed by atoms with Gasteiger partial charge in [-0.2, -0.15) is 0 Å². The Morgan fingerprint density at radius 3 is 2.38 bits per heavy atom. The minimum Gasteiger partial charge on any atom is -0.497 e. The van der Waals surface area contributed by atoms with Gasteiger partial charge in [0.2, 0.25) is 0 Å². The van der Waals surface area contributed by atoms with E-state index in [1.54, 1.807) is 19.2 Å². The van der Waals surface area contributed by atoms with Crippen LogP contribution in [0.2, 0.25) is 0 Å². The molecule has 5 nitrogen and oxygen atoms in total. The maximum atomic E-state index is 10.7. The van der Waals surface area contributed by atoms with E-state index >= 15 is 0 Å². The Hall–Kier alpha value is -2.56. The zero-order valence-corrected chi connectivity index (χ0v) is 12.3. The highest BCUT2D eigenvalue weighted by atomic mass is 16.6. The average Bonchev–Trinajstić information content (AvgIpc) is 2.49. The largest absolute Gasteiger partial charge is 0.497 e. The average molecular weight is 286 g/mol. The number of aryl methyl sites for hydroxylation is 1. The zero-order valence-electron chi connectivity index (χ0n) is 12.3. The Kier molecular flexibility index (Phi) is 4.42. The van der Waals surface area contributed by atoms with Crippen molar-refractivity contribution in [3.05, 3.63) is 63.7 Å². The molecular formula is C16H18N2O3. The number of nitro groups is 1. The van der Waals surface area contributed by atoms with Crippen LogP contribution in [-0.2, 0) is 0 Å². The van der Waals surface area contributed by atoms with Crippen molar-refractivity contribution < 1.29 is 9.66 Å². The number of hydrogen-bond acceptors (Lipinski definition) is 4. The number of nitrogens with one attached hydrogen (secondary N) is 1. The quantitative estimate of drug-likeness (QED) is 0.664. The van der Waals surface area contributed by atoms with E-state index < -0.39 is 4.92 Å². The summed E-state index contributed by atoms with van der Waals surface area (Å²) in [5.41, 5.74) is 3.20. The van der Waals surface area contributed by atoms with Gasteiger partial charge in [0.15, 0.2) is 0 Å². The molecule has 0 aliphatic carbocycles. The molecule has 21 heavy (non-hydrogen) atoms. The number of methoxy groups -OCH3 is 1. The van der Waals surface area contributed by atoms with Gasteiger partial charge in [0.1, 0.15) is 5.75 Å². The third kappa shape index (κ3) is 3.51. The van der Waals surface area contributed by atoms with Crippen LogP contribution < -0.4 is 10.1 Å². The van der Waals surface area contributed by atoms with Crippen LogP contribution in [0, 0.1) is 17.0 Å². The number of rotatable bonds is 5. The second-order valence-corrected chi connectivity index (χ2v) is 4.90. The molecule has 0 fully saturated rings. The van der Waals surface area contributed by atoms with Gasteiger partial charge in [0.05, 0.1) is 12.0 Å². The molecule has 0 amide bonds. The topological polar surface area (TPSA) is 64.4 Å². The number of nitro benzene ring substituents is 1.